The summed E-state index contributed by atoms with van der Waals surface area (Å²) in [5, 5.41) is 5.78. The number of rotatable bonds is 1. The van der Waals surface area contributed by atoms with Crippen LogP contribution in [0, 0.1) is 13.8 Å². The van der Waals surface area contributed by atoms with Gasteiger partial charge in [-0.3, -0.25) is 0 Å². The van der Waals surface area contributed by atoms with Crippen molar-refractivity contribution >= 4 is 26.8 Å². The number of hydrogen-bond donors (Lipinski definition) is 0. The number of benzene rings is 1. The summed E-state index contributed by atoms with van der Waals surface area (Å²) in [5.41, 5.74) is 3.76. The molecule has 1 aliphatic rings. The molecule has 0 radical (unpaired) electrons. The van der Waals surface area contributed by atoms with Crippen LogP contribution < -0.4 is 0 Å². The van der Waals surface area contributed by atoms with Gasteiger partial charge in [0.15, 0.2) is 6.23 Å². The van der Waals surface area contributed by atoms with Crippen molar-refractivity contribution in [2.75, 3.05) is 6.61 Å². The molecule has 1 aromatic heterocycles. The number of aryl methyl sites for hydroxylation is 2. The molecule has 3 nitrogen and oxygen atoms in total. The first kappa shape index (κ1) is 12.2. The molecule has 0 spiro atoms. The van der Waals surface area contributed by atoms with Crippen molar-refractivity contribution in [3.8, 4) is 0 Å². The fourth-order valence-corrected chi connectivity index (χ4v) is 2.98. The van der Waals surface area contributed by atoms with Crippen LogP contribution in [0.3, 0.4) is 0 Å². The van der Waals surface area contributed by atoms with Crippen molar-refractivity contribution in [2.24, 2.45) is 0 Å². The van der Waals surface area contributed by atoms with Gasteiger partial charge in [-0.1, -0.05) is 0 Å². The Kier molecular flexibility index (Phi) is 3.16. The molecule has 0 aliphatic carbocycles. The smallest absolute Gasteiger partial charge is 0.150 e. The van der Waals surface area contributed by atoms with E-state index in [-0.39, 0.29) is 6.23 Å². The van der Waals surface area contributed by atoms with Gasteiger partial charge >= 0.3 is 0 Å². The molecular weight excluding hydrogens is 292 g/mol. The van der Waals surface area contributed by atoms with E-state index in [1.165, 1.54) is 22.9 Å². The Morgan fingerprint density at radius 2 is 2.06 bits per heavy atom. The SMILES string of the molecule is Cc1cc2c(Br)nn(C3CCCCO3)c2cc1C. The average Bonchev–Trinajstić information content (AvgIpc) is 2.69. The zero-order valence-corrected chi connectivity index (χ0v) is 12.3. The highest BCUT2D eigenvalue weighted by Gasteiger charge is 2.20. The lowest BCUT2D eigenvalue weighted by Gasteiger charge is -2.23. The fraction of sp³-hybridized carbons (Fsp3) is 0.500. The Morgan fingerprint density at radius 3 is 2.78 bits per heavy atom. The van der Waals surface area contributed by atoms with E-state index in [1.807, 2.05) is 4.68 Å². The largest absolute Gasteiger partial charge is 0.356 e. The molecule has 0 bridgehead atoms. The van der Waals surface area contributed by atoms with Crippen molar-refractivity contribution in [1.29, 1.82) is 0 Å². The van der Waals surface area contributed by atoms with E-state index < -0.39 is 0 Å². The Balaban J connectivity index is 2.14. The molecule has 0 N–H and O–H groups in total. The Bertz CT molecular complexity index is 585. The summed E-state index contributed by atoms with van der Waals surface area (Å²) in [4.78, 5) is 0. The quantitative estimate of drug-likeness (QED) is 0.792. The van der Waals surface area contributed by atoms with Crippen LogP contribution in [-0.4, -0.2) is 16.4 Å². The predicted molar refractivity (Wildman–Crippen MR) is 75.7 cm³/mol. The van der Waals surface area contributed by atoms with Gasteiger partial charge in [-0.25, -0.2) is 4.68 Å². The third kappa shape index (κ3) is 1.97. The Hall–Kier alpha value is -0.870. The third-order valence-corrected chi connectivity index (χ3v) is 4.29. The molecule has 1 unspecified atom stereocenters. The van der Waals surface area contributed by atoms with E-state index in [2.05, 4.69) is 47.0 Å². The van der Waals surface area contributed by atoms with E-state index in [0.717, 1.165) is 29.6 Å². The van der Waals surface area contributed by atoms with E-state index in [0.29, 0.717) is 0 Å². The predicted octanol–water partition coefficient (Wildman–Crippen LogP) is 4.11. The molecule has 1 aliphatic heterocycles. The normalized spacial score (nSPS) is 20.5. The first-order valence-electron chi connectivity index (χ1n) is 6.43. The summed E-state index contributed by atoms with van der Waals surface area (Å²) < 4.78 is 8.78. The van der Waals surface area contributed by atoms with Crippen LogP contribution >= 0.6 is 15.9 Å². The van der Waals surface area contributed by atoms with Gasteiger partial charge in [0.25, 0.3) is 0 Å². The second kappa shape index (κ2) is 4.67. The van der Waals surface area contributed by atoms with Crippen molar-refractivity contribution in [2.45, 2.75) is 39.3 Å². The minimum absolute atomic E-state index is 0.0923. The summed E-state index contributed by atoms with van der Waals surface area (Å²) in [7, 11) is 0. The molecule has 18 heavy (non-hydrogen) atoms. The number of ether oxygens (including phenoxy) is 1. The second-order valence-corrected chi connectivity index (χ2v) is 5.76. The van der Waals surface area contributed by atoms with Crippen LogP contribution in [0.5, 0.6) is 0 Å². The number of halogens is 1. The van der Waals surface area contributed by atoms with Gasteiger partial charge in [-0.05, 0) is 72.3 Å². The van der Waals surface area contributed by atoms with Crippen LogP contribution in [0.1, 0.15) is 36.6 Å². The number of nitrogens with zero attached hydrogens (tertiary/aromatic N) is 2. The third-order valence-electron chi connectivity index (χ3n) is 3.71. The molecule has 1 fully saturated rings. The zero-order chi connectivity index (χ0) is 12.7. The van der Waals surface area contributed by atoms with Gasteiger partial charge in [-0.2, -0.15) is 5.10 Å². The van der Waals surface area contributed by atoms with Gasteiger partial charge < -0.3 is 4.74 Å². The lowest BCUT2D eigenvalue weighted by Crippen LogP contribution is -2.19. The number of aromatic nitrogens is 2. The monoisotopic (exact) mass is 308 g/mol. The molecule has 4 heteroatoms. The first-order valence-corrected chi connectivity index (χ1v) is 7.22. The van der Waals surface area contributed by atoms with E-state index in [9.17, 15) is 0 Å². The highest BCUT2D eigenvalue weighted by molar-refractivity contribution is 9.10. The van der Waals surface area contributed by atoms with E-state index >= 15 is 0 Å². The fourth-order valence-electron chi connectivity index (χ4n) is 2.49. The van der Waals surface area contributed by atoms with E-state index in [1.54, 1.807) is 0 Å². The van der Waals surface area contributed by atoms with Crippen molar-refractivity contribution in [3.63, 3.8) is 0 Å². The summed E-state index contributed by atoms with van der Waals surface area (Å²) >= 11 is 3.56. The second-order valence-electron chi connectivity index (χ2n) is 5.01. The van der Waals surface area contributed by atoms with Gasteiger partial charge in [0.05, 0.1) is 5.52 Å². The van der Waals surface area contributed by atoms with Crippen LogP contribution in [0.4, 0.5) is 0 Å². The maximum atomic E-state index is 5.84. The topological polar surface area (TPSA) is 27.1 Å². The molecule has 1 saturated heterocycles. The van der Waals surface area contributed by atoms with Crippen LogP contribution in [0.15, 0.2) is 16.7 Å². The van der Waals surface area contributed by atoms with Crippen LogP contribution in [0.2, 0.25) is 0 Å². The highest BCUT2D eigenvalue weighted by atomic mass is 79.9. The molecule has 1 atom stereocenters. The maximum Gasteiger partial charge on any atom is 0.150 e. The summed E-state index contributed by atoms with van der Waals surface area (Å²) in [6.45, 7) is 5.12. The molecule has 1 aromatic carbocycles. The minimum Gasteiger partial charge on any atom is -0.356 e. The molecule has 2 heterocycles. The lowest BCUT2D eigenvalue weighted by molar-refractivity contribution is -0.0368. The minimum atomic E-state index is 0.0923. The summed E-state index contributed by atoms with van der Waals surface area (Å²) in [6, 6.07) is 4.40. The maximum absolute atomic E-state index is 5.84. The first-order chi connectivity index (χ1) is 8.66. The molecule has 3 rings (SSSR count). The lowest BCUT2D eigenvalue weighted by atomic mass is 10.1. The van der Waals surface area contributed by atoms with Gasteiger partial charge in [0.2, 0.25) is 0 Å². The van der Waals surface area contributed by atoms with Gasteiger partial charge in [-0.15, -0.1) is 0 Å². The molecule has 2 aromatic rings. The highest BCUT2D eigenvalue weighted by Crippen LogP contribution is 2.31. The summed E-state index contributed by atoms with van der Waals surface area (Å²) in [6.07, 6.45) is 3.52. The molecule has 96 valence electrons. The average molecular weight is 309 g/mol. The molecule has 0 amide bonds. The standard InChI is InChI=1S/C14H17BrN2O/c1-9-7-11-12(8-10(9)2)17(16-14(11)15)13-5-3-4-6-18-13/h7-8,13H,3-6H2,1-2H3. The van der Waals surface area contributed by atoms with Crippen LogP contribution in [-0.2, 0) is 4.74 Å². The van der Waals surface area contributed by atoms with Crippen molar-refractivity contribution in [1.82, 2.24) is 9.78 Å². The van der Waals surface area contributed by atoms with Gasteiger partial charge in [0, 0.05) is 12.0 Å². The number of fused-ring (bicyclic) bond motifs is 1. The van der Waals surface area contributed by atoms with E-state index in [4.69, 9.17) is 4.74 Å². The number of hydrogen-bond acceptors (Lipinski definition) is 2. The van der Waals surface area contributed by atoms with Crippen LogP contribution in [0.25, 0.3) is 10.9 Å². The molecular formula is C14H17BrN2O. The van der Waals surface area contributed by atoms with Gasteiger partial charge in [0.1, 0.15) is 4.60 Å². The molecule has 0 saturated carbocycles. The Labute approximate surface area is 115 Å². The zero-order valence-electron chi connectivity index (χ0n) is 10.7. The van der Waals surface area contributed by atoms with Crippen molar-refractivity contribution < 1.29 is 4.74 Å². The Morgan fingerprint density at radius 1 is 1.28 bits per heavy atom. The van der Waals surface area contributed by atoms with Crippen molar-refractivity contribution in [3.05, 3.63) is 27.9 Å². The summed E-state index contributed by atoms with van der Waals surface area (Å²) in [5.74, 6) is 0.